The van der Waals surface area contributed by atoms with E-state index in [1.54, 1.807) is 11.3 Å². The van der Waals surface area contributed by atoms with E-state index >= 15 is 0 Å². The monoisotopic (exact) mass is 224 g/mol. The first-order chi connectivity index (χ1) is 6.77. The number of benzene rings is 1. The second-order valence-electron chi connectivity index (χ2n) is 3.07. The Hall–Kier alpha value is -0.860. The molecule has 0 saturated carbocycles. The van der Waals surface area contributed by atoms with Crippen molar-refractivity contribution in [2.45, 2.75) is 13.3 Å². The molecule has 1 nitrogen and oxygen atoms in total. The van der Waals surface area contributed by atoms with E-state index < -0.39 is 0 Å². The maximum atomic E-state index is 10.8. The minimum Gasteiger partial charge on any atom is -0.298 e. The van der Waals surface area contributed by atoms with E-state index in [-0.39, 0.29) is 0 Å². The van der Waals surface area contributed by atoms with E-state index in [1.165, 1.54) is 0 Å². The van der Waals surface area contributed by atoms with E-state index in [2.05, 4.69) is 6.92 Å². The molecule has 0 spiro atoms. The van der Waals surface area contributed by atoms with Crippen LogP contribution in [-0.2, 0) is 6.42 Å². The molecule has 0 amide bonds. The van der Waals surface area contributed by atoms with Crippen LogP contribution >= 0.6 is 22.9 Å². The zero-order valence-electron chi connectivity index (χ0n) is 7.71. The summed E-state index contributed by atoms with van der Waals surface area (Å²) in [5.74, 6) is 0. The largest absolute Gasteiger partial charge is 0.298 e. The Morgan fingerprint density at radius 2 is 2.29 bits per heavy atom. The molecule has 0 fully saturated rings. The minimum absolute atomic E-state index is 0.775. The highest BCUT2D eigenvalue weighted by atomic mass is 35.5. The van der Waals surface area contributed by atoms with Gasteiger partial charge in [-0.05, 0) is 12.0 Å². The van der Waals surface area contributed by atoms with E-state index in [0.717, 1.165) is 38.9 Å². The number of hydrogen-bond acceptors (Lipinski definition) is 2. The van der Waals surface area contributed by atoms with Crippen LogP contribution < -0.4 is 0 Å². The van der Waals surface area contributed by atoms with Crippen LogP contribution in [-0.4, -0.2) is 6.29 Å². The highest BCUT2D eigenvalue weighted by molar-refractivity contribution is 7.18. The van der Waals surface area contributed by atoms with Crippen molar-refractivity contribution in [3.05, 3.63) is 33.7 Å². The van der Waals surface area contributed by atoms with Crippen LogP contribution in [0.3, 0.4) is 0 Å². The summed E-state index contributed by atoms with van der Waals surface area (Å²) in [5, 5.41) is 3.75. The lowest BCUT2D eigenvalue weighted by atomic mass is 10.0. The summed E-state index contributed by atoms with van der Waals surface area (Å²) in [6.07, 6.45) is 1.77. The maximum absolute atomic E-state index is 10.8. The molecule has 1 aromatic heterocycles. The third kappa shape index (κ3) is 1.35. The molecule has 3 heteroatoms. The number of carbonyl (C=O) groups is 1. The molecule has 0 bridgehead atoms. The van der Waals surface area contributed by atoms with E-state index in [0.29, 0.717) is 0 Å². The van der Waals surface area contributed by atoms with E-state index in [9.17, 15) is 4.79 Å². The van der Waals surface area contributed by atoms with Gasteiger partial charge in [-0.1, -0.05) is 30.7 Å². The SMILES string of the molecule is CCc1c(C=O)ccc2c(Cl)csc12. The van der Waals surface area contributed by atoms with Crippen molar-refractivity contribution in [1.29, 1.82) is 0 Å². The molecule has 0 aliphatic rings. The lowest BCUT2D eigenvalue weighted by Gasteiger charge is -2.02. The number of rotatable bonds is 2. The van der Waals surface area contributed by atoms with Crippen molar-refractivity contribution < 1.29 is 4.79 Å². The molecule has 0 aliphatic heterocycles. The molecule has 0 radical (unpaired) electrons. The summed E-state index contributed by atoms with van der Waals surface area (Å²) >= 11 is 7.62. The first kappa shape index (κ1) is 9.69. The van der Waals surface area contributed by atoms with Gasteiger partial charge in [0, 0.05) is 21.0 Å². The highest BCUT2D eigenvalue weighted by Crippen LogP contribution is 2.33. The second kappa shape index (κ2) is 3.71. The maximum Gasteiger partial charge on any atom is 0.150 e. The third-order valence-electron chi connectivity index (χ3n) is 2.31. The summed E-state index contributed by atoms with van der Waals surface area (Å²) in [5.41, 5.74) is 1.88. The predicted molar refractivity (Wildman–Crippen MR) is 61.6 cm³/mol. The fourth-order valence-electron chi connectivity index (χ4n) is 1.61. The van der Waals surface area contributed by atoms with E-state index in [1.807, 2.05) is 17.5 Å². The summed E-state index contributed by atoms with van der Waals surface area (Å²) in [6, 6.07) is 3.75. The van der Waals surface area contributed by atoms with Gasteiger partial charge in [0.15, 0.2) is 0 Å². The van der Waals surface area contributed by atoms with Gasteiger partial charge in [0.1, 0.15) is 6.29 Å². The molecule has 72 valence electrons. The van der Waals surface area contributed by atoms with Crippen LogP contribution in [0.5, 0.6) is 0 Å². The Balaban J connectivity index is 2.84. The average molecular weight is 225 g/mol. The number of thiophene rings is 1. The zero-order valence-corrected chi connectivity index (χ0v) is 9.28. The van der Waals surface area contributed by atoms with Crippen molar-refractivity contribution in [1.82, 2.24) is 0 Å². The molecular formula is C11H9ClOS. The van der Waals surface area contributed by atoms with Crippen LogP contribution in [0.2, 0.25) is 5.02 Å². The molecule has 1 aromatic carbocycles. The fourth-order valence-corrected chi connectivity index (χ4v) is 3.02. The average Bonchev–Trinajstić information content (AvgIpc) is 2.59. The van der Waals surface area contributed by atoms with Crippen LogP contribution in [0.1, 0.15) is 22.8 Å². The van der Waals surface area contributed by atoms with Crippen LogP contribution in [0, 0.1) is 0 Å². The molecule has 0 unspecified atom stereocenters. The number of hydrogen-bond donors (Lipinski definition) is 0. The standard InChI is InChI=1S/C11H9ClOS/c1-2-8-7(5-13)3-4-9-10(12)6-14-11(8)9/h3-6H,2H2,1H3. The van der Waals surface area contributed by atoms with Gasteiger partial charge in [-0.15, -0.1) is 11.3 Å². The number of carbonyl (C=O) groups excluding carboxylic acids is 1. The normalized spacial score (nSPS) is 10.7. The zero-order chi connectivity index (χ0) is 10.1. The Morgan fingerprint density at radius 3 is 2.93 bits per heavy atom. The number of halogens is 1. The fraction of sp³-hybridized carbons (Fsp3) is 0.182. The molecular weight excluding hydrogens is 216 g/mol. The molecule has 2 rings (SSSR count). The van der Waals surface area contributed by atoms with Crippen LogP contribution in [0.25, 0.3) is 10.1 Å². The van der Waals surface area contributed by atoms with Crippen molar-refractivity contribution in [2.75, 3.05) is 0 Å². The molecule has 14 heavy (non-hydrogen) atoms. The van der Waals surface area contributed by atoms with Gasteiger partial charge >= 0.3 is 0 Å². The summed E-state index contributed by atoms with van der Waals surface area (Å²) in [7, 11) is 0. The number of aryl methyl sites for hydroxylation is 1. The Morgan fingerprint density at radius 1 is 1.50 bits per heavy atom. The minimum atomic E-state index is 0.775. The molecule has 0 saturated heterocycles. The molecule has 2 aromatic rings. The molecule has 0 aliphatic carbocycles. The van der Waals surface area contributed by atoms with Crippen LogP contribution in [0.4, 0.5) is 0 Å². The Labute approximate surface area is 91.3 Å². The van der Waals surface area contributed by atoms with Gasteiger partial charge in [-0.3, -0.25) is 4.79 Å². The van der Waals surface area contributed by atoms with Gasteiger partial charge in [0.05, 0.1) is 5.02 Å². The van der Waals surface area contributed by atoms with Gasteiger partial charge in [-0.25, -0.2) is 0 Å². The van der Waals surface area contributed by atoms with Crippen molar-refractivity contribution in [3.63, 3.8) is 0 Å². The third-order valence-corrected chi connectivity index (χ3v) is 3.81. The highest BCUT2D eigenvalue weighted by Gasteiger charge is 2.09. The smallest absolute Gasteiger partial charge is 0.150 e. The van der Waals surface area contributed by atoms with Gasteiger partial charge in [0.25, 0.3) is 0 Å². The molecule has 1 heterocycles. The van der Waals surface area contributed by atoms with E-state index in [4.69, 9.17) is 11.6 Å². The molecule has 0 N–H and O–H groups in total. The van der Waals surface area contributed by atoms with Crippen LogP contribution in [0.15, 0.2) is 17.5 Å². The summed E-state index contributed by atoms with van der Waals surface area (Å²) in [6.45, 7) is 2.05. The Bertz CT molecular complexity index is 487. The molecule has 0 atom stereocenters. The topological polar surface area (TPSA) is 17.1 Å². The van der Waals surface area contributed by atoms with Crippen molar-refractivity contribution >= 4 is 39.3 Å². The quantitative estimate of drug-likeness (QED) is 0.707. The summed E-state index contributed by atoms with van der Waals surface area (Å²) < 4.78 is 1.14. The number of aldehydes is 1. The van der Waals surface area contributed by atoms with Gasteiger partial charge in [0.2, 0.25) is 0 Å². The predicted octanol–water partition coefficient (Wildman–Crippen LogP) is 3.93. The van der Waals surface area contributed by atoms with Gasteiger partial charge in [-0.2, -0.15) is 0 Å². The lowest BCUT2D eigenvalue weighted by Crippen LogP contribution is -1.89. The van der Waals surface area contributed by atoms with Crippen molar-refractivity contribution in [3.8, 4) is 0 Å². The Kier molecular flexibility index (Phi) is 2.57. The van der Waals surface area contributed by atoms with Crippen molar-refractivity contribution in [2.24, 2.45) is 0 Å². The van der Waals surface area contributed by atoms with Gasteiger partial charge < -0.3 is 0 Å². The lowest BCUT2D eigenvalue weighted by molar-refractivity contribution is 0.112. The first-order valence-corrected chi connectivity index (χ1v) is 5.67. The first-order valence-electron chi connectivity index (χ1n) is 4.41. The second-order valence-corrected chi connectivity index (χ2v) is 4.35. The summed E-state index contributed by atoms with van der Waals surface area (Å²) in [4.78, 5) is 10.8. The number of fused-ring (bicyclic) bond motifs is 1.